The van der Waals surface area contributed by atoms with Crippen LogP contribution in [0.4, 0.5) is 0 Å². The number of hydrogen-bond donors (Lipinski definition) is 1. The van der Waals surface area contributed by atoms with Crippen molar-refractivity contribution >= 4 is 11.8 Å². The average molecular weight is 352 g/mol. The third-order valence-corrected chi connectivity index (χ3v) is 7.45. The van der Waals surface area contributed by atoms with Gasteiger partial charge in [0.05, 0.1) is 5.41 Å². The van der Waals surface area contributed by atoms with Gasteiger partial charge in [0, 0.05) is 13.1 Å². The minimum atomic E-state index is -0.467. The van der Waals surface area contributed by atoms with Crippen LogP contribution in [0.3, 0.4) is 0 Å². The maximum Gasteiger partial charge on any atom is 0.247 e. The number of amides is 2. The van der Waals surface area contributed by atoms with E-state index in [1.54, 1.807) is 0 Å². The van der Waals surface area contributed by atoms with Crippen molar-refractivity contribution in [2.75, 3.05) is 13.1 Å². The molecule has 4 bridgehead atoms. The minimum Gasteiger partial charge on any atom is -0.352 e. The van der Waals surface area contributed by atoms with E-state index in [-0.39, 0.29) is 17.2 Å². The van der Waals surface area contributed by atoms with Gasteiger partial charge in [-0.05, 0) is 74.3 Å². The Morgan fingerprint density at radius 2 is 1.69 bits per heavy atom. The Morgan fingerprint density at radius 1 is 1.08 bits per heavy atom. The number of nitrogens with zero attached hydrogens (tertiary/aromatic N) is 1. The topological polar surface area (TPSA) is 49.4 Å². The number of benzene rings is 1. The molecule has 2 amide bonds. The van der Waals surface area contributed by atoms with Crippen molar-refractivity contribution in [3.8, 4) is 0 Å². The second-order valence-corrected chi connectivity index (χ2v) is 9.25. The Kier molecular flexibility index (Phi) is 3.67. The van der Waals surface area contributed by atoms with E-state index in [1.165, 1.54) is 19.3 Å². The summed E-state index contributed by atoms with van der Waals surface area (Å²) in [5, 5.41) is 2.98. The zero-order valence-corrected chi connectivity index (χ0v) is 15.5. The first-order valence-electron chi connectivity index (χ1n) is 10.2. The molecule has 6 rings (SSSR count). The summed E-state index contributed by atoms with van der Waals surface area (Å²) in [7, 11) is 0. The highest BCUT2D eigenvalue weighted by Gasteiger charge is 2.56. The van der Waals surface area contributed by atoms with Gasteiger partial charge < -0.3 is 10.2 Å². The molecule has 4 nitrogen and oxygen atoms in total. The van der Waals surface area contributed by atoms with E-state index in [9.17, 15) is 9.59 Å². The minimum absolute atomic E-state index is 0.0244. The number of carbonyl (C=O) groups excluding carboxylic acids is 2. The van der Waals surface area contributed by atoms with Crippen molar-refractivity contribution in [1.82, 2.24) is 10.2 Å². The maximum absolute atomic E-state index is 13.8. The second kappa shape index (κ2) is 5.83. The van der Waals surface area contributed by atoms with E-state index in [2.05, 4.69) is 5.32 Å². The van der Waals surface area contributed by atoms with E-state index in [0.29, 0.717) is 13.1 Å². The van der Waals surface area contributed by atoms with Crippen LogP contribution in [0.25, 0.3) is 0 Å². The molecule has 1 saturated heterocycles. The van der Waals surface area contributed by atoms with Crippen LogP contribution in [0, 0.1) is 30.1 Å². The number of carbonyl (C=O) groups is 2. The van der Waals surface area contributed by atoms with Crippen molar-refractivity contribution in [2.45, 2.75) is 51.5 Å². The van der Waals surface area contributed by atoms with Crippen LogP contribution in [-0.2, 0) is 9.59 Å². The third kappa shape index (κ3) is 2.41. The molecule has 4 heteroatoms. The Bertz CT molecular complexity index is 721. The summed E-state index contributed by atoms with van der Waals surface area (Å²) in [4.78, 5) is 28.5. The molecule has 0 spiro atoms. The van der Waals surface area contributed by atoms with Crippen LogP contribution in [-0.4, -0.2) is 29.8 Å². The summed E-state index contributed by atoms with van der Waals surface area (Å²) in [6.45, 7) is 3.23. The summed E-state index contributed by atoms with van der Waals surface area (Å²) >= 11 is 0. The predicted octanol–water partition coefficient (Wildman–Crippen LogP) is 3.21. The molecule has 1 atom stereocenters. The molecule has 0 aromatic heterocycles. The van der Waals surface area contributed by atoms with Crippen molar-refractivity contribution in [1.29, 1.82) is 0 Å². The highest BCUT2D eigenvalue weighted by molar-refractivity contribution is 5.92. The summed E-state index contributed by atoms with van der Waals surface area (Å²) < 4.78 is 0. The lowest BCUT2D eigenvalue weighted by atomic mass is 9.49. The van der Waals surface area contributed by atoms with Gasteiger partial charge in [-0.1, -0.05) is 24.3 Å². The van der Waals surface area contributed by atoms with Gasteiger partial charge in [-0.15, -0.1) is 0 Å². The Balaban J connectivity index is 1.50. The molecule has 4 saturated carbocycles. The fourth-order valence-corrected chi connectivity index (χ4v) is 6.77. The van der Waals surface area contributed by atoms with Gasteiger partial charge in [0.25, 0.3) is 0 Å². The van der Waals surface area contributed by atoms with Gasteiger partial charge in [0.1, 0.15) is 6.04 Å². The van der Waals surface area contributed by atoms with Crippen LogP contribution in [0.1, 0.15) is 55.7 Å². The van der Waals surface area contributed by atoms with Gasteiger partial charge in [-0.25, -0.2) is 0 Å². The average Bonchev–Trinajstić information content (AvgIpc) is 2.60. The van der Waals surface area contributed by atoms with Gasteiger partial charge in [-0.2, -0.15) is 0 Å². The van der Waals surface area contributed by atoms with E-state index < -0.39 is 6.04 Å². The normalized spacial score (nSPS) is 38.3. The second-order valence-electron chi connectivity index (χ2n) is 9.25. The van der Waals surface area contributed by atoms with E-state index >= 15 is 0 Å². The van der Waals surface area contributed by atoms with Crippen molar-refractivity contribution < 1.29 is 9.59 Å². The maximum atomic E-state index is 13.8. The summed E-state index contributed by atoms with van der Waals surface area (Å²) in [6, 6.07) is 7.53. The highest BCUT2D eigenvalue weighted by atomic mass is 16.2. The molecule has 1 N–H and O–H groups in total. The predicted molar refractivity (Wildman–Crippen MR) is 99.2 cm³/mol. The lowest BCUT2D eigenvalue weighted by molar-refractivity contribution is -0.164. The van der Waals surface area contributed by atoms with Crippen LogP contribution < -0.4 is 5.32 Å². The zero-order chi connectivity index (χ0) is 17.9. The van der Waals surface area contributed by atoms with Crippen LogP contribution >= 0.6 is 0 Å². The van der Waals surface area contributed by atoms with E-state index in [0.717, 1.165) is 48.1 Å². The Morgan fingerprint density at radius 3 is 2.31 bits per heavy atom. The Labute approximate surface area is 155 Å². The molecule has 1 aromatic rings. The first-order chi connectivity index (χ1) is 12.6. The molecular weight excluding hydrogens is 324 g/mol. The monoisotopic (exact) mass is 352 g/mol. The fourth-order valence-electron chi connectivity index (χ4n) is 6.77. The smallest absolute Gasteiger partial charge is 0.247 e. The number of nitrogens with one attached hydrogen (secondary N) is 1. The first-order valence-corrected chi connectivity index (χ1v) is 10.2. The van der Waals surface area contributed by atoms with E-state index in [4.69, 9.17) is 0 Å². The Hall–Kier alpha value is -1.84. The number of rotatable bonds is 2. The van der Waals surface area contributed by atoms with Crippen molar-refractivity contribution in [3.63, 3.8) is 0 Å². The number of aryl methyl sites for hydroxylation is 1. The van der Waals surface area contributed by atoms with Gasteiger partial charge in [-0.3, -0.25) is 9.59 Å². The lowest BCUT2D eigenvalue weighted by Crippen LogP contribution is -2.59. The highest BCUT2D eigenvalue weighted by Crippen LogP contribution is 2.61. The van der Waals surface area contributed by atoms with Crippen LogP contribution in [0.5, 0.6) is 0 Å². The zero-order valence-electron chi connectivity index (χ0n) is 15.5. The molecular formula is C22H28N2O2. The number of hydrogen-bond acceptors (Lipinski definition) is 2. The van der Waals surface area contributed by atoms with Gasteiger partial charge in [0.15, 0.2) is 0 Å². The first kappa shape index (κ1) is 16.3. The molecule has 5 fully saturated rings. The largest absolute Gasteiger partial charge is 0.352 e. The molecule has 1 heterocycles. The fraction of sp³-hybridized carbons (Fsp3) is 0.636. The molecule has 0 radical (unpaired) electrons. The van der Waals surface area contributed by atoms with Gasteiger partial charge >= 0.3 is 0 Å². The quantitative estimate of drug-likeness (QED) is 0.888. The molecule has 1 aromatic carbocycles. The molecule has 1 unspecified atom stereocenters. The number of piperazine rings is 1. The van der Waals surface area contributed by atoms with E-state index in [1.807, 2.05) is 36.1 Å². The third-order valence-electron chi connectivity index (χ3n) is 7.45. The SMILES string of the molecule is Cc1ccccc1C1C(=O)NCCN1C(=O)C12CC3CC(CC(C3)C1)C2. The molecule has 4 aliphatic carbocycles. The molecule has 5 aliphatic rings. The van der Waals surface area contributed by atoms with Crippen molar-refractivity contribution in [3.05, 3.63) is 35.4 Å². The molecule has 1 aliphatic heterocycles. The van der Waals surface area contributed by atoms with Crippen LogP contribution in [0.2, 0.25) is 0 Å². The van der Waals surface area contributed by atoms with Crippen LogP contribution in [0.15, 0.2) is 24.3 Å². The summed E-state index contributed by atoms with van der Waals surface area (Å²) in [6.07, 6.45) is 7.14. The molecule has 26 heavy (non-hydrogen) atoms. The van der Waals surface area contributed by atoms with Gasteiger partial charge in [0.2, 0.25) is 11.8 Å². The van der Waals surface area contributed by atoms with Crippen molar-refractivity contribution in [2.24, 2.45) is 23.2 Å². The molecule has 138 valence electrons. The summed E-state index contributed by atoms with van der Waals surface area (Å²) in [5.41, 5.74) is 1.87. The lowest BCUT2D eigenvalue weighted by Gasteiger charge is -2.57. The standard InChI is InChI=1S/C22H28N2O2/c1-14-4-2-3-5-18(14)19-20(25)23-6-7-24(19)21(26)22-11-15-8-16(12-22)10-17(9-15)13-22/h2-5,15-17,19H,6-13H2,1H3,(H,23,25). The summed E-state index contributed by atoms with van der Waals surface area (Å²) in [5.74, 6) is 2.45.